The number of nitrogens with one attached hydrogen (secondary N) is 1. The minimum atomic E-state index is -0.145. The molecule has 0 radical (unpaired) electrons. The maximum Gasteiger partial charge on any atom is 0.183 e. The summed E-state index contributed by atoms with van der Waals surface area (Å²) < 4.78 is 1.81. The Balaban J connectivity index is 2.03. The number of pyridine rings is 1. The molecule has 4 heteroatoms. The molecule has 1 atom stereocenters. The van der Waals surface area contributed by atoms with Crippen molar-refractivity contribution in [3.63, 3.8) is 0 Å². The molecule has 0 spiro atoms. The van der Waals surface area contributed by atoms with Crippen molar-refractivity contribution in [3.8, 4) is 0 Å². The zero-order chi connectivity index (χ0) is 14.3. The first-order valence-electron chi connectivity index (χ1n) is 7.35. The number of hydrogen-bond acceptors (Lipinski definition) is 3. The molecule has 1 saturated carbocycles. The van der Waals surface area contributed by atoms with Crippen LogP contribution in [-0.4, -0.2) is 27.5 Å². The molecule has 1 fully saturated rings. The van der Waals surface area contributed by atoms with Crippen LogP contribution in [0.15, 0.2) is 24.4 Å². The van der Waals surface area contributed by atoms with Crippen LogP contribution < -0.4 is 5.32 Å². The summed E-state index contributed by atoms with van der Waals surface area (Å²) in [5.74, 6) is 0.392. The highest BCUT2D eigenvalue weighted by Crippen LogP contribution is 2.25. The van der Waals surface area contributed by atoms with Gasteiger partial charge in [0, 0.05) is 12.2 Å². The number of fused-ring (bicyclic) bond motifs is 1. The summed E-state index contributed by atoms with van der Waals surface area (Å²) in [6, 6.07) is 6.24. The summed E-state index contributed by atoms with van der Waals surface area (Å²) in [5, 5.41) is 7.96. The molecule has 0 aliphatic heterocycles. The molecule has 0 amide bonds. The molecule has 1 aliphatic carbocycles. The lowest BCUT2D eigenvalue weighted by Crippen LogP contribution is -2.35. The Bertz CT molecular complexity index is 640. The Morgan fingerprint density at radius 3 is 2.75 bits per heavy atom. The van der Waals surface area contributed by atoms with Crippen LogP contribution in [0.2, 0.25) is 0 Å². The van der Waals surface area contributed by atoms with Gasteiger partial charge in [0.15, 0.2) is 5.78 Å². The van der Waals surface area contributed by atoms with E-state index in [0.29, 0.717) is 6.04 Å². The molecule has 20 heavy (non-hydrogen) atoms. The zero-order valence-electron chi connectivity index (χ0n) is 12.3. The van der Waals surface area contributed by atoms with E-state index in [9.17, 15) is 4.79 Å². The Morgan fingerprint density at radius 2 is 2.10 bits per heavy atom. The van der Waals surface area contributed by atoms with Gasteiger partial charge in [0.2, 0.25) is 0 Å². The summed E-state index contributed by atoms with van der Waals surface area (Å²) in [4.78, 5) is 12.8. The number of hydrogen-bond donors (Lipinski definition) is 1. The lowest BCUT2D eigenvalue weighted by molar-refractivity contribution is 0.0950. The normalized spacial score (nSPS) is 16.8. The summed E-state index contributed by atoms with van der Waals surface area (Å²) >= 11 is 0. The highest BCUT2D eigenvalue weighted by Gasteiger charge is 2.29. The molecule has 0 bridgehead atoms. The van der Waals surface area contributed by atoms with Gasteiger partial charge in [-0.1, -0.05) is 19.9 Å². The van der Waals surface area contributed by atoms with Crippen molar-refractivity contribution in [2.45, 2.75) is 51.6 Å². The number of aromatic nitrogens is 2. The standard InChI is InChI=1S/C16H21N3O/c1-10(2)15-14(13-6-4-5-9-19(13)18-15)16(20)11(3)17-12-7-8-12/h4-6,9-12,17H,7-8H2,1-3H3. The van der Waals surface area contributed by atoms with Crippen LogP contribution in [0.1, 0.15) is 55.6 Å². The molecule has 1 aliphatic rings. The van der Waals surface area contributed by atoms with Gasteiger partial charge in [-0.25, -0.2) is 4.52 Å². The number of nitrogens with zero attached hydrogens (tertiary/aromatic N) is 2. The Morgan fingerprint density at radius 1 is 1.35 bits per heavy atom. The predicted molar refractivity (Wildman–Crippen MR) is 79.2 cm³/mol. The van der Waals surface area contributed by atoms with Gasteiger partial charge in [0.25, 0.3) is 0 Å². The van der Waals surface area contributed by atoms with Gasteiger partial charge < -0.3 is 5.32 Å². The lowest BCUT2D eigenvalue weighted by atomic mass is 9.98. The Kier molecular flexibility index (Phi) is 3.34. The number of Topliss-reactive ketones (excluding diaryl/α,β-unsaturated/α-hetero) is 1. The fraction of sp³-hybridized carbons (Fsp3) is 0.500. The third kappa shape index (κ3) is 2.36. The molecular weight excluding hydrogens is 250 g/mol. The van der Waals surface area contributed by atoms with Crippen molar-refractivity contribution in [1.82, 2.24) is 14.9 Å². The SMILES string of the molecule is CC(NC1CC1)C(=O)c1c(C(C)C)nn2ccccc12. The quantitative estimate of drug-likeness (QED) is 0.851. The first-order valence-corrected chi connectivity index (χ1v) is 7.35. The maximum atomic E-state index is 12.8. The molecule has 4 nitrogen and oxygen atoms in total. The van der Waals surface area contributed by atoms with E-state index in [2.05, 4.69) is 24.3 Å². The molecule has 106 valence electrons. The molecule has 1 unspecified atom stereocenters. The van der Waals surface area contributed by atoms with E-state index in [1.807, 2.05) is 35.8 Å². The van der Waals surface area contributed by atoms with Crippen LogP contribution in [0, 0.1) is 0 Å². The van der Waals surface area contributed by atoms with Crippen LogP contribution in [0.3, 0.4) is 0 Å². The van der Waals surface area contributed by atoms with Crippen molar-refractivity contribution in [2.24, 2.45) is 0 Å². The second-order valence-corrected chi connectivity index (χ2v) is 5.97. The highest BCUT2D eigenvalue weighted by atomic mass is 16.1. The maximum absolute atomic E-state index is 12.8. The fourth-order valence-corrected chi connectivity index (χ4v) is 2.57. The number of ketones is 1. The molecule has 2 aromatic rings. The monoisotopic (exact) mass is 271 g/mol. The number of carbonyl (C=O) groups excluding carboxylic acids is 1. The molecule has 2 aromatic heterocycles. The van der Waals surface area contributed by atoms with Gasteiger partial charge >= 0.3 is 0 Å². The first-order chi connectivity index (χ1) is 9.58. The molecule has 1 N–H and O–H groups in total. The van der Waals surface area contributed by atoms with E-state index < -0.39 is 0 Å². The second-order valence-electron chi connectivity index (χ2n) is 5.97. The van der Waals surface area contributed by atoms with E-state index in [4.69, 9.17) is 0 Å². The first kappa shape index (κ1) is 13.3. The highest BCUT2D eigenvalue weighted by molar-refractivity contribution is 6.06. The van der Waals surface area contributed by atoms with E-state index >= 15 is 0 Å². The van der Waals surface area contributed by atoms with Gasteiger partial charge in [-0.3, -0.25) is 4.79 Å². The third-order valence-electron chi connectivity index (χ3n) is 3.82. The zero-order valence-corrected chi connectivity index (χ0v) is 12.3. The Hall–Kier alpha value is -1.68. The van der Waals surface area contributed by atoms with Crippen molar-refractivity contribution >= 4 is 11.3 Å². The van der Waals surface area contributed by atoms with Crippen molar-refractivity contribution < 1.29 is 4.79 Å². The van der Waals surface area contributed by atoms with Crippen LogP contribution in [0.4, 0.5) is 0 Å². The summed E-state index contributed by atoms with van der Waals surface area (Å²) in [5.41, 5.74) is 2.58. The minimum absolute atomic E-state index is 0.145. The van der Waals surface area contributed by atoms with Gasteiger partial charge in [-0.2, -0.15) is 5.10 Å². The van der Waals surface area contributed by atoms with Crippen molar-refractivity contribution in [2.75, 3.05) is 0 Å². The average Bonchev–Trinajstić information content (AvgIpc) is 3.15. The van der Waals surface area contributed by atoms with Crippen molar-refractivity contribution in [1.29, 1.82) is 0 Å². The van der Waals surface area contributed by atoms with Crippen LogP contribution in [0.5, 0.6) is 0 Å². The van der Waals surface area contributed by atoms with Gasteiger partial charge in [-0.05, 0) is 37.8 Å². The number of rotatable bonds is 5. The molecule has 2 heterocycles. The molecule has 0 saturated heterocycles. The second kappa shape index (κ2) is 5.02. The van der Waals surface area contributed by atoms with Gasteiger partial charge in [0.05, 0.1) is 22.8 Å². The molecular formula is C16H21N3O. The van der Waals surface area contributed by atoms with Gasteiger partial charge in [-0.15, -0.1) is 0 Å². The summed E-state index contributed by atoms with van der Waals surface area (Å²) in [6.07, 6.45) is 4.27. The van der Waals surface area contributed by atoms with E-state index in [1.54, 1.807) is 0 Å². The van der Waals surface area contributed by atoms with Gasteiger partial charge in [0.1, 0.15) is 0 Å². The lowest BCUT2D eigenvalue weighted by Gasteiger charge is -2.13. The average molecular weight is 271 g/mol. The smallest absolute Gasteiger partial charge is 0.183 e. The van der Waals surface area contributed by atoms with E-state index in [1.165, 1.54) is 12.8 Å². The number of carbonyl (C=O) groups is 1. The molecule has 0 aromatic carbocycles. The third-order valence-corrected chi connectivity index (χ3v) is 3.82. The van der Waals surface area contributed by atoms with Crippen molar-refractivity contribution in [3.05, 3.63) is 35.7 Å². The summed E-state index contributed by atoms with van der Waals surface area (Å²) in [7, 11) is 0. The minimum Gasteiger partial charge on any atom is -0.305 e. The molecule has 3 rings (SSSR count). The van der Waals surface area contributed by atoms with E-state index in [0.717, 1.165) is 16.8 Å². The van der Waals surface area contributed by atoms with Crippen LogP contribution >= 0.6 is 0 Å². The van der Waals surface area contributed by atoms with E-state index in [-0.39, 0.29) is 17.7 Å². The summed E-state index contributed by atoms with van der Waals surface area (Å²) in [6.45, 7) is 6.12. The van der Waals surface area contributed by atoms with Crippen LogP contribution in [0.25, 0.3) is 5.52 Å². The predicted octanol–water partition coefficient (Wildman–Crippen LogP) is 2.78. The topological polar surface area (TPSA) is 46.4 Å². The van der Waals surface area contributed by atoms with Crippen LogP contribution in [-0.2, 0) is 0 Å². The largest absolute Gasteiger partial charge is 0.305 e. The Labute approximate surface area is 119 Å². The fourth-order valence-electron chi connectivity index (χ4n) is 2.57.